The largest absolute Gasteiger partial charge is 0.324 e. The molecule has 1 aromatic carbocycles. The van der Waals surface area contributed by atoms with Gasteiger partial charge in [-0.2, -0.15) is 4.39 Å². The summed E-state index contributed by atoms with van der Waals surface area (Å²) in [6.07, 6.45) is 2.71. The fraction of sp³-hybridized carbons (Fsp3) is 0.455. The maximum atomic E-state index is 13.1. The van der Waals surface area contributed by atoms with Crippen LogP contribution in [0.4, 0.5) is 10.1 Å². The van der Waals surface area contributed by atoms with Crippen LogP contribution < -0.4 is 5.73 Å². The van der Waals surface area contributed by atoms with Gasteiger partial charge in [0.2, 0.25) is 5.82 Å². The number of nitro benzene ring substituents is 1. The Balaban J connectivity index is 2.89. The van der Waals surface area contributed by atoms with Crippen molar-refractivity contribution in [2.24, 2.45) is 5.73 Å². The van der Waals surface area contributed by atoms with Crippen LogP contribution in [0.2, 0.25) is 0 Å². The van der Waals surface area contributed by atoms with E-state index in [-0.39, 0.29) is 6.04 Å². The molecule has 0 spiro atoms. The Morgan fingerprint density at radius 3 is 2.81 bits per heavy atom. The molecule has 1 atom stereocenters. The van der Waals surface area contributed by atoms with Gasteiger partial charge in [-0.25, -0.2) is 0 Å². The van der Waals surface area contributed by atoms with Crippen molar-refractivity contribution in [3.63, 3.8) is 0 Å². The van der Waals surface area contributed by atoms with Gasteiger partial charge in [-0.3, -0.25) is 10.1 Å². The minimum atomic E-state index is -0.823. The minimum absolute atomic E-state index is 0.265. The average Bonchev–Trinajstić information content (AvgIpc) is 2.26. The molecular weight excluding hydrogens is 211 g/mol. The SMILES string of the molecule is CCCC[C@H](N)c1ccc(F)c([N+](=O)[O-])c1. The molecule has 0 saturated heterocycles. The van der Waals surface area contributed by atoms with E-state index in [1.54, 1.807) is 0 Å². The zero-order valence-corrected chi connectivity index (χ0v) is 9.15. The van der Waals surface area contributed by atoms with E-state index >= 15 is 0 Å². The number of rotatable bonds is 5. The van der Waals surface area contributed by atoms with E-state index < -0.39 is 16.4 Å². The Morgan fingerprint density at radius 1 is 1.56 bits per heavy atom. The summed E-state index contributed by atoms with van der Waals surface area (Å²) < 4.78 is 13.1. The van der Waals surface area contributed by atoms with Gasteiger partial charge in [0.15, 0.2) is 0 Å². The number of nitro groups is 1. The van der Waals surface area contributed by atoms with Crippen molar-refractivity contribution in [1.29, 1.82) is 0 Å². The summed E-state index contributed by atoms with van der Waals surface area (Å²) in [4.78, 5) is 9.80. The molecular formula is C11H15FN2O2. The van der Waals surface area contributed by atoms with Crippen molar-refractivity contribution in [2.45, 2.75) is 32.2 Å². The Hall–Kier alpha value is -1.49. The third kappa shape index (κ3) is 3.00. The fourth-order valence-corrected chi connectivity index (χ4v) is 1.49. The summed E-state index contributed by atoms with van der Waals surface area (Å²) in [7, 11) is 0. The van der Waals surface area contributed by atoms with E-state index in [0.717, 1.165) is 25.3 Å². The molecule has 0 unspecified atom stereocenters. The number of hydrogen-bond donors (Lipinski definition) is 1. The van der Waals surface area contributed by atoms with Crippen LogP contribution in [0.15, 0.2) is 18.2 Å². The van der Waals surface area contributed by atoms with Crippen LogP contribution in [0.5, 0.6) is 0 Å². The second-order valence-corrected chi connectivity index (χ2v) is 3.72. The summed E-state index contributed by atoms with van der Waals surface area (Å²) in [5.74, 6) is -0.823. The molecule has 0 amide bonds. The molecule has 2 N–H and O–H groups in total. The van der Waals surface area contributed by atoms with E-state index in [9.17, 15) is 14.5 Å². The molecule has 0 aliphatic carbocycles. The molecule has 5 heteroatoms. The average molecular weight is 226 g/mol. The van der Waals surface area contributed by atoms with Gasteiger partial charge < -0.3 is 5.73 Å². The molecule has 1 aromatic rings. The lowest BCUT2D eigenvalue weighted by atomic mass is 10.0. The highest BCUT2D eigenvalue weighted by molar-refractivity contribution is 5.37. The van der Waals surface area contributed by atoms with Crippen LogP contribution in [-0.4, -0.2) is 4.92 Å². The first kappa shape index (κ1) is 12.6. The minimum Gasteiger partial charge on any atom is -0.324 e. The Labute approximate surface area is 93.4 Å². The van der Waals surface area contributed by atoms with Gasteiger partial charge >= 0.3 is 5.69 Å². The lowest BCUT2D eigenvalue weighted by Gasteiger charge is -2.10. The van der Waals surface area contributed by atoms with Gasteiger partial charge in [0, 0.05) is 12.1 Å². The van der Waals surface area contributed by atoms with Crippen LogP contribution in [0.25, 0.3) is 0 Å². The zero-order chi connectivity index (χ0) is 12.1. The van der Waals surface area contributed by atoms with Gasteiger partial charge in [-0.05, 0) is 18.1 Å². The molecule has 1 rings (SSSR count). The van der Waals surface area contributed by atoms with E-state index in [1.807, 2.05) is 6.92 Å². The monoisotopic (exact) mass is 226 g/mol. The quantitative estimate of drug-likeness (QED) is 0.619. The van der Waals surface area contributed by atoms with Crippen molar-refractivity contribution in [3.05, 3.63) is 39.7 Å². The Bertz CT molecular complexity index is 382. The molecule has 88 valence electrons. The second kappa shape index (κ2) is 5.55. The smallest absolute Gasteiger partial charge is 0.305 e. The van der Waals surface area contributed by atoms with Crippen LogP contribution in [0.3, 0.4) is 0 Å². The third-order valence-corrected chi connectivity index (χ3v) is 2.46. The highest BCUT2D eigenvalue weighted by atomic mass is 19.1. The zero-order valence-electron chi connectivity index (χ0n) is 9.15. The summed E-state index contributed by atoms with van der Waals surface area (Å²) in [6.45, 7) is 2.04. The standard InChI is InChI=1S/C11H15FN2O2/c1-2-3-4-10(13)8-5-6-9(12)11(7-8)14(15)16/h5-7,10H,2-4,13H2,1H3/t10-/m0/s1. The molecule has 0 aliphatic rings. The predicted octanol–water partition coefficient (Wildman–Crippen LogP) is 2.92. The number of benzene rings is 1. The number of hydrogen-bond acceptors (Lipinski definition) is 3. The molecule has 0 aliphatic heterocycles. The molecule has 0 fully saturated rings. The molecule has 0 radical (unpaired) electrons. The first-order valence-corrected chi connectivity index (χ1v) is 5.25. The van der Waals surface area contributed by atoms with Gasteiger partial charge in [0.05, 0.1) is 4.92 Å². The Kier molecular flexibility index (Phi) is 4.37. The summed E-state index contributed by atoms with van der Waals surface area (Å²) in [6, 6.07) is 3.55. The molecule has 16 heavy (non-hydrogen) atoms. The highest BCUT2D eigenvalue weighted by Gasteiger charge is 2.16. The van der Waals surface area contributed by atoms with E-state index in [4.69, 9.17) is 5.73 Å². The van der Waals surface area contributed by atoms with Crippen molar-refractivity contribution < 1.29 is 9.31 Å². The van der Waals surface area contributed by atoms with Gasteiger partial charge in [-0.1, -0.05) is 25.8 Å². The fourth-order valence-electron chi connectivity index (χ4n) is 1.49. The van der Waals surface area contributed by atoms with Gasteiger partial charge in [0.1, 0.15) is 0 Å². The van der Waals surface area contributed by atoms with Crippen LogP contribution >= 0.6 is 0 Å². The first-order valence-electron chi connectivity index (χ1n) is 5.25. The van der Waals surface area contributed by atoms with E-state index in [0.29, 0.717) is 5.56 Å². The second-order valence-electron chi connectivity index (χ2n) is 3.72. The van der Waals surface area contributed by atoms with E-state index in [1.165, 1.54) is 12.1 Å². The maximum Gasteiger partial charge on any atom is 0.305 e. The summed E-state index contributed by atoms with van der Waals surface area (Å²) in [5.41, 5.74) is 5.96. The number of nitrogens with zero attached hydrogens (tertiary/aromatic N) is 1. The third-order valence-electron chi connectivity index (χ3n) is 2.46. The maximum absolute atomic E-state index is 13.1. The predicted molar refractivity (Wildman–Crippen MR) is 59.5 cm³/mol. The highest BCUT2D eigenvalue weighted by Crippen LogP contribution is 2.24. The lowest BCUT2D eigenvalue weighted by molar-refractivity contribution is -0.387. The lowest BCUT2D eigenvalue weighted by Crippen LogP contribution is -2.10. The van der Waals surface area contributed by atoms with E-state index in [2.05, 4.69) is 0 Å². The van der Waals surface area contributed by atoms with Gasteiger partial charge in [-0.15, -0.1) is 0 Å². The summed E-state index contributed by atoms with van der Waals surface area (Å²) >= 11 is 0. The number of halogens is 1. The number of nitrogens with two attached hydrogens (primary N) is 1. The number of unbranched alkanes of at least 4 members (excludes halogenated alkanes) is 1. The molecule has 0 aromatic heterocycles. The normalized spacial score (nSPS) is 12.4. The van der Waals surface area contributed by atoms with Crippen molar-refractivity contribution in [1.82, 2.24) is 0 Å². The van der Waals surface area contributed by atoms with Crippen LogP contribution in [0.1, 0.15) is 37.8 Å². The molecule has 0 bridgehead atoms. The van der Waals surface area contributed by atoms with Crippen molar-refractivity contribution >= 4 is 5.69 Å². The van der Waals surface area contributed by atoms with Gasteiger partial charge in [0.25, 0.3) is 0 Å². The first-order chi connectivity index (χ1) is 7.56. The summed E-state index contributed by atoms with van der Waals surface area (Å²) in [5, 5.41) is 10.5. The molecule has 4 nitrogen and oxygen atoms in total. The molecule has 0 heterocycles. The van der Waals surface area contributed by atoms with Crippen molar-refractivity contribution in [3.8, 4) is 0 Å². The van der Waals surface area contributed by atoms with Crippen LogP contribution in [0, 0.1) is 15.9 Å². The Morgan fingerprint density at radius 2 is 2.25 bits per heavy atom. The topological polar surface area (TPSA) is 69.2 Å². The van der Waals surface area contributed by atoms with Crippen LogP contribution in [-0.2, 0) is 0 Å². The van der Waals surface area contributed by atoms with Crippen molar-refractivity contribution in [2.75, 3.05) is 0 Å². The molecule has 0 saturated carbocycles.